The lowest BCUT2D eigenvalue weighted by Crippen LogP contribution is -2.42. The summed E-state index contributed by atoms with van der Waals surface area (Å²) in [4.78, 5) is 8.00. The van der Waals surface area contributed by atoms with E-state index in [2.05, 4.69) is 16.8 Å². The summed E-state index contributed by atoms with van der Waals surface area (Å²) < 4.78 is 10.7. The molecule has 2 heterocycles. The molecular formula is C18H24N2O3S. The zero-order chi connectivity index (χ0) is 17.2. The lowest BCUT2D eigenvalue weighted by Gasteiger charge is -2.38. The van der Waals surface area contributed by atoms with Crippen LogP contribution in [0.15, 0.2) is 23.7 Å². The molecule has 0 saturated carbocycles. The number of ether oxygens (including phenoxy) is 2. The topological polar surface area (TPSA) is 54.8 Å². The number of methoxy groups -OCH3 is 2. The van der Waals surface area contributed by atoms with Gasteiger partial charge < -0.3 is 14.6 Å². The molecule has 1 fully saturated rings. The Balaban J connectivity index is 1.71. The Hall–Kier alpha value is -1.63. The van der Waals surface area contributed by atoms with Crippen LogP contribution in [0.4, 0.5) is 0 Å². The van der Waals surface area contributed by atoms with Crippen LogP contribution in [-0.4, -0.2) is 42.3 Å². The van der Waals surface area contributed by atoms with E-state index in [4.69, 9.17) is 9.47 Å². The highest BCUT2D eigenvalue weighted by atomic mass is 32.1. The van der Waals surface area contributed by atoms with Gasteiger partial charge in [-0.2, -0.15) is 0 Å². The highest BCUT2D eigenvalue weighted by Gasteiger charge is 2.35. The fourth-order valence-electron chi connectivity index (χ4n) is 3.13. The predicted molar refractivity (Wildman–Crippen MR) is 94.8 cm³/mol. The molecule has 0 bridgehead atoms. The molecule has 0 atom stereocenters. The number of piperidine rings is 1. The SMILES string of the molecule is COc1cc(OC)cc(C2(O)CCN(Cc3scnc3C)CC2)c1. The van der Waals surface area contributed by atoms with Crippen LogP contribution in [0.5, 0.6) is 11.5 Å². The first kappa shape index (κ1) is 17.2. The van der Waals surface area contributed by atoms with Crippen LogP contribution in [0.1, 0.15) is 29.0 Å². The second kappa shape index (κ2) is 7.09. The van der Waals surface area contributed by atoms with Gasteiger partial charge in [0.15, 0.2) is 0 Å². The molecule has 0 spiro atoms. The molecule has 2 aromatic rings. The highest BCUT2D eigenvalue weighted by Crippen LogP contribution is 2.37. The van der Waals surface area contributed by atoms with E-state index >= 15 is 0 Å². The molecule has 130 valence electrons. The maximum Gasteiger partial charge on any atom is 0.122 e. The standard InChI is InChI=1S/C18H24N2O3S/c1-13-17(24-12-19-13)11-20-6-4-18(21,5-7-20)14-8-15(22-2)10-16(9-14)23-3/h8-10,12,21H,4-7,11H2,1-3H3. The quantitative estimate of drug-likeness (QED) is 0.900. The van der Waals surface area contributed by atoms with Gasteiger partial charge in [-0.05, 0) is 37.5 Å². The van der Waals surface area contributed by atoms with Gasteiger partial charge in [-0.25, -0.2) is 4.98 Å². The Morgan fingerprint density at radius 2 is 1.79 bits per heavy atom. The second-order valence-electron chi connectivity index (χ2n) is 6.27. The molecule has 1 aromatic heterocycles. The molecular weight excluding hydrogens is 324 g/mol. The first-order chi connectivity index (χ1) is 11.5. The smallest absolute Gasteiger partial charge is 0.122 e. The van der Waals surface area contributed by atoms with Crippen molar-refractivity contribution in [3.05, 3.63) is 39.8 Å². The summed E-state index contributed by atoms with van der Waals surface area (Å²) in [6, 6.07) is 5.64. The minimum Gasteiger partial charge on any atom is -0.497 e. The monoisotopic (exact) mass is 348 g/mol. The third kappa shape index (κ3) is 3.55. The van der Waals surface area contributed by atoms with Crippen molar-refractivity contribution >= 4 is 11.3 Å². The van der Waals surface area contributed by atoms with E-state index in [1.165, 1.54) is 4.88 Å². The van der Waals surface area contributed by atoms with E-state index in [0.717, 1.165) is 30.9 Å². The summed E-state index contributed by atoms with van der Waals surface area (Å²) in [5.74, 6) is 1.42. The van der Waals surface area contributed by atoms with Gasteiger partial charge in [0.1, 0.15) is 11.5 Å². The number of rotatable bonds is 5. The largest absolute Gasteiger partial charge is 0.497 e. The molecule has 0 radical (unpaired) electrons. The molecule has 6 heteroatoms. The second-order valence-corrected chi connectivity index (χ2v) is 7.21. The summed E-state index contributed by atoms with van der Waals surface area (Å²) >= 11 is 1.70. The summed E-state index contributed by atoms with van der Waals surface area (Å²) in [7, 11) is 3.26. The van der Waals surface area contributed by atoms with Crippen LogP contribution in [0.3, 0.4) is 0 Å². The van der Waals surface area contributed by atoms with E-state index in [1.807, 2.05) is 23.7 Å². The maximum absolute atomic E-state index is 11.1. The molecule has 1 saturated heterocycles. The molecule has 0 amide bonds. The van der Waals surface area contributed by atoms with Gasteiger partial charge in [0, 0.05) is 30.6 Å². The maximum atomic E-state index is 11.1. The van der Waals surface area contributed by atoms with Crippen molar-refractivity contribution in [1.29, 1.82) is 0 Å². The first-order valence-electron chi connectivity index (χ1n) is 8.11. The van der Waals surface area contributed by atoms with E-state index in [-0.39, 0.29) is 0 Å². The Morgan fingerprint density at radius 3 is 2.29 bits per heavy atom. The molecule has 1 aliphatic rings. The zero-order valence-electron chi connectivity index (χ0n) is 14.4. The van der Waals surface area contributed by atoms with E-state index in [0.29, 0.717) is 24.3 Å². The summed E-state index contributed by atoms with van der Waals surface area (Å²) in [5, 5.41) is 11.1. The molecule has 1 aromatic carbocycles. The van der Waals surface area contributed by atoms with Crippen LogP contribution in [0.2, 0.25) is 0 Å². The summed E-state index contributed by atoms with van der Waals surface area (Å²) in [5.41, 5.74) is 3.04. The predicted octanol–water partition coefficient (Wildman–Crippen LogP) is 2.95. The van der Waals surface area contributed by atoms with Crippen molar-refractivity contribution in [2.75, 3.05) is 27.3 Å². The summed E-state index contributed by atoms with van der Waals surface area (Å²) in [6.45, 7) is 4.67. The van der Waals surface area contributed by atoms with E-state index in [9.17, 15) is 5.11 Å². The molecule has 1 aliphatic heterocycles. The van der Waals surface area contributed by atoms with Crippen molar-refractivity contribution < 1.29 is 14.6 Å². The van der Waals surface area contributed by atoms with Gasteiger partial charge in [-0.15, -0.1) is 11.3 Å². The number of aromatic nitrogens is 1. The average molecular weight is 348 g/mol. The zero-order valence-corrected chi connectivity index (χ0v) is 15.2. The Kier molecular flexibility index (Phi) is 5.08. The third-order valence-electron chi connectivity index (χ3n) is 4.78. The number of likely N-dealkylation sites (tertiary alicyclic amines) is 1. The number of thiazole rings is 1. The fraction of sp³-hybridized carbons (Fsp3) is 0.500. The number of hydrogen-bond acceptors (Lipinski definition) is 6. The van der Waals surface area contributed by atoms with Crippen LogP contribution < -0.4 is 9.47 Å². The van der Waals surface area contributed by atoms with Crippen molar-refractivity contribution in [2.24, 2.45) is 0 Å². The fourth-order valence-corrected chi connectivity index (χ4v) is 3.95. The highest BCUT2D eigenvalue weighted by molar-refractivity contribution is 7.09. The van der Waals surface area contributed by atoms with Crippen LogP contribution >= 0.6 is 11.3 Å². The van der Waals surface area contributed by atoms with Crippen molar-refractivity contribution in [3.63, 3.8) is 0 Å². The molecule has 5 nitrogen and oxygen atoms in total. The third-order valence-corrected chi connectivity index (χ3v) is 5.70. The van der Waals surface area contributed by atoms with Gasteiger partial charge >= 0.3 is 0 Å². The number of nitrogens with zero attached hydrogens (tertiary/aromatic N) is 2. The Labute approximate surface area is 146 Å². The van der Waals surface area contributed by atoms with Crippen LogP contribution in [0, 0.1) is 6.92 Å². The number of aryl methyl sites for hydroxylation is 1. The molecule has 0 aliphatic carbocycles. The average Bonchev–Trinajstić information content (AvgIpc) is 3.01. The van der Waals surface area contributed by atoms with Gasteiger partial charge in [0.2, 0.25) is 0 Å². The molecule has 24 heavy (non-hydrogen) atoms. The summed E-state index contributed by atoms with van der Waals surface area (Å²) in [6.07, 6.45) is 1.39. The van der Waals surface area contributed by atoms with Gasteiger partial charge in [0.25, 0.3) is 0 Å². The normalized spacial score (nSPS) is 17.7. The minimum atomic E-state index is -0.832. The Bertz CT molecular complexity index is 671. The lowest BCUT2D eigenvalue weighted by molar-refractivity contribution is -0.0278. The first-order valence-corrected chi connectivity index (χ1v) is 8.99. The van der Waals surface area contributed by atoms with E-state index < -0.39 is 5.60 Å². The molecule has 0 unspecified atom stereocenters. The minimum absolute atomic E-state index is 0.696. The molecule has 1 N–H and O–H groups in total. The van der Waals surface area contributed by atoms with Crippen molar-refractivity contribution in [3.8, 4) is 11.5 Å². The number of benzene rings is 1. The van der Waals surface area contributed by atoms with Gasteiger partial charge in [-0.3, -0.25) is 4.90 Å². The Morgan fingerprint density at radius 1 is 1.17 bits per heavy atom. The number of aliphatic hydroxyl groups is 1. The lowest BCUT2D eigenvalue weighted by atomic mass is 9.84. The van der Waals surface area contributed by atoms with Crippen molar-refractivity contribution in [2.45, 2.75) is 31.9 Å². The number of hydrogen-bond donors (Lipinski definition) is 1. The molecule has 3 rings (SSSR count). The van der Waals surface area contributed by atoms with E-state index in [1.54, 1.807) is 25.6 Å². The van der Waals surface area contributed by atoms with Crippen LogP contribution in [-0.2, 0) is 12.1 Å². The van der Waals surface area contributed by atoms with Crippen molar-refractivity contribution in [1.82, 2.24) is 9.88 Å². The van der Waals surface area contributed by atoms with Crippen LogP contribution in [0.25, 0.3) is 0 Å². The van der Waals surface area contributed by atoms with Gasteiger partial charge in [0.05, 0.1) is 31.0 Å². The van der Waals surface area contributed by atoms with Gasteiger partial charge in [-0.1, -0.05) is 0 Å².